The molecule has 0 aliphatic carbocycles. The number of benzene rings is 2. The van der Waals surface area contributed by atoms with E-state index in [-0.39, 0.29) is 12.3 Å². The van der Waals surface area contributed by atoms with Crippen LogP contribution in [0.2, 0.25) is 10.0 Å². The predicted molar refractivity (Wildman–Crippen MR) is 94.3 cm³/mol. The van der Waals surface area contributed by atoms with E-state index in [1.165, 1.54) is 0 Å². The summed E-state index contributed by atoms with van der Waals surface area (Å²) in [4.78, 5) is 11.9. The van der Waals surface area contributed by atoms with E-state index in [4.69, 9.17) is 32.7 Å². The summed E-state index contributed by atoms with van der Waals surface area (Å²) >= 11 is 12.0. The number of carbonyl (C=O) groups is 1. The van der Waals surface area contributed by atoms with Gasteiger partial charge in [-0.15, -0.1) is 5.10 Å². The summed E-state index contributed by atoms with van der Waals surface area (Å²) in [6.45, 7) is 1.99. The molecule has 1 aromatic heterocycles. The molecule has 1 N–H and O–H groups in total. The van der Waals surface area contributed by atoms with Crippen molar-refractivity contribution in [2.75, 3.05) is 6.61 Å². The van der Waals surface area contributed by atoms with Crippen molar-refractivity contribution >= 4 is 29.2 Å². The molecule has 2 aromatic carbocycles. The number of esters is 1. The summed E-state index contributed by atoms with van der Waals surface area (Å²) in [5.41, 5.74) is 1.25. The van der Waals surface area contributed by atoms with Crippen molar-refractivity contribution in [3.8, 4) is 22.8 Å². The number of rotatable bonds is 5. The Balaban J connectivity index is 1.81. The number of hydrogen-bond donors (Lipinski definition) is 1. The van der Waals surface area contributed by atoms with Gasteiger partial charge in [-0.1, -0.05) is 23.2 Å². The van der Waals surface area contributed by atoms with Crippen LogP contribution in [-0.2, 0) is 4.74 Å². The van der Waals surface area contributed by atoms with Crippen LogP contribution in [0.25, 0.3) is 11.3 Å². The average molecular weight is 378 g/mol. The minimum atomic E-state index is -0.528. The van der Waals surface area contributed by atoms with Crippen LogP contribution in [0.1, 0.15) is 17.4 Å². The Morgan fingerprint density at radius 1 is 1.12 bits per heavy atom. The largest absolute Gasteiger partial charge is 0.461 e. The van der Waals surface area contributed by atoms with Crippen molar-refractivity contribution in [3.63, 3.8) is 0 Å². The highest BCUT2D eigenvalue weighted by molar-refractivity contribution is 6.35. The first-order chi connectivity index (χ1) is 12.1. The van der Waals surface area contributed by atoms with Crippen LogP contribution >= 0.6 is 23.2 Å². The molecule has 0 bridgehead atoms. The van der Waals surface area contributed by atoms with E-state index in [0.717, 1.165) is 0 Å². The van der Waals surface area contributed by atoms with Crippen molar-refractivity contribution in [1.29, 1.82) is 0 Å². The molecule has 3 aromatic rings. The van der Waals surface area contributed by atoms with Crippen molar-refractivity contribution < 1.29 is 14.3 Å². The van der Waals surface area contributed by atoms with Gasteiger partial charge in [0.05, 0.1) is 11.6 Å². The van der Waals surface area contributed by atoms with Gasteiger partial charge in [-0.2, -0.15) is 10.3 Å². The molecule has 25 heavy (non-hydrogen) atoms. The van der Waals surface area contributed by atoms with Gasteiger partial charge >= 0.3 is 5.97 Å². The molecule has 0 atom stereocenters. The lowest BCUT2D eigenvalue weighted by molar-refractivity contribution is 0.0520. The van der Waals surface area contributed by atoms with E-state index >= 15 is 0 Å². The van der Waals surface area contributed by atoms with Gasteiger partial charge < -0.3 is 9.47 Å². The molecule has 1 heterocycles. The third-order valence-corrected chi connectivity index (χ3v) is 3.80. The molecule has 0 aliphatic heterocycles. The number of nitrogens with zero attached hydrogens (tertiary/aromatic N) is 2. The van der Waals surface area contributed by atoms with Crippen molar-refractivity contribution in [1.82, 2.24) is 15.4 Å². The average Bonchev–Trinajstić information content (AvgIpc) is 3.08. The molecular weight excluding hydrogens is 365 g/mol. The van der Waals surface area contributed by atoms with Crippen molar-refractivity contribution in [2.24, 2.45) is 0 Å². The second kappa shape index (κ2) is 7.55. The van der Waals surface area contributed by atoms with E-state index in [2.05, 4.69) is 15.4 Å². The molecule has 0 saturated heterocycles. The normalized spacial score (nSPS) is 10.5. The van der Waals surface area contributed by atoms with Crippen LogP contribution in [0.5, 0.6) is 11.5 Å². The first kappa shape index (κ1) is 17.3. The van der Waals surface area contributed by atoms with E-state index in [9.17, 15) is 4.79 Å². The summed E-state index contributed by atoms with van der Waals surface area (Å²) in [6, 6.07) is 12.0. The highest BCUT2D eigenvalue weighted by Crippen LogP contribution is 2.32. The summed E-state index contributed by atoms with van der Waals surface area (Å²) in [5.74, 6) is 0.543. The van der Waals surface area contributed by atoms with E-state index in [1.807, 2.05) is 0 Å². The Labute approximate surface area is 153 Å². The first-order valence-electron chi connectivity index (χ1n) is 7.39. The molecule has 0 spiro atoms. The number of aromatic amines is 1. The molecule has 128 valence electrons. The van der Waals surface area contributed by atoms with Gasteiger partial charge in [0.15, 0.2) is 5.69 Å². The van der Waals surface area contributed by atoms with Crippen molar-refractivity contribution in [3.05, 3.63) is 58.2 Å². The smallest absolute Gasteiger partial charge is 0.361 e. The molecule has 0 fully saturated rings. The Hall–Kier alpha value is -2.57. The maximum absolute atomic E-state index is 11.9. The number of carbonyl (C=O) groups excluding carboxylic acids is 1. The van der Waals surface area contributed by atoms with Crippen molar-refractivity contribution in [2.45, 2.75) is 6.92 Å². The summed E-state index contributed by atoms with van der Waals surface area (Å²) in [5, 5.41) is 11.3. The molecule has 0 amide bonds. The maximum Gasteiger partial charge on any atom is 0.361 e. The molecule has 0 radical (unpaired) electrons. The fraction of sp³-hybridized carbons (Fsp3) is 0.118. The predicted octanol–water partition coefficient (Wildman–Crippen LogP) is 4.75. The molecule has 8 heteroatoms. The molecular formula is C17H13Cl2N3O3. The molecule has 0 aliphatic rings. The van der Waals surface area contributed by atoms with E-state index in [0.29, 0.717) is 32.8 Å². The monoisotopic (exact) mass is 377 g/mol. The van der Waals surface area contributed by atoms with Crippen LogP contribution < -0.4 is 4.74 Å². The lowest BCUT2D eigenvalue weighted by Gasteiger charge is -2.08. The zero-order chi connectivity index (χ0) is 17.8. The molecule has 0 saturated carbocycles. The van der Waals surface area contributed by atoms with Gasteiger partial charge in [0.2, 0.25) is 0 Å². The summed E-state index contributed by atoms with van der Waals surface area (Å²) in [7, 11) is 0. The van der Waals surface area contributed by atoms with E-state index in [1.54, 1.807) is 49.4 Å². The standard InChI is InChI=1S/C17H13Cl2N3O3/c1-2-24-17(23)16-15(20-22-21-16)10-3-6-12(7-4-10)25-14-8-5-11(18)9-13(14)19/h3-9H,2H2,1H3,(H,20,21,22). The third-order valence-electron chi connectivity index (χ3n) is 3.27. The van der Waals surface area contributed by atoms with Gasteiger partial charge in [-0.05, 0) is 49.4 Å². The SMILES string of the molecule is CCOC(=O)c1n[nH]nc1-c1ccc(Oc2ccc(Cl)cc2Cl)cc1. The third kappa shape index (κ3) is 3.92. The molecule has 0 unspecified atom stereocenters. The van der Waals surface area contributed by atoms with Crippen LogP contribution in [0.15, 0.2) is 42.5 Å². The molecule has 6 nitrogen and oxygen atoms in total. The number of ether oxygens (including phenoxy) is 2. The van der Waals surface area contributed by atoms with Gasteiger partial charge in [-0.25, -0.2) is 4.79 Å². The Morgan fingerprint density at radius 2 is 1.88 bits per heavy atom. The van der Waals surface area contributed by atoms with Gasteiger partial charge in [-0.3, -0.25) is 0 Å². The van der Waals surface area contributed by atoms with Gasteiger partial charge in [0.25, 0.3) is 0 Å². The van der Waals surface area contributed by atoms with E-state index < -0.39 is 5.97 Å². The van der Waals surface area contributed by atoms with Crippen LogP contribution in [0.3, 0.4) is 0 Å². The fourth-order valence-corrected chi connectivity index (χ4v) is 2.59. The summed E-state index contributed by atoms with van der Waals surface area (Å²) < 4.78 is 10.7. The van der Waals surface area contributed by atoms with Crippen LogP contribution in [-0.4, -0.2) is 28.0 Å². The molecule has 3 rings (SSSR count). The maximum atomic E-state index is 11.9. The zero-order valence-corrected chi connectivity index (χ0v) is 14.6. The topological polar surface area (TPSA) is 77.1 Å². The van der Waals surface area contributed by atoms with Crippen LogP contribution in [0, 0.1) is 0 Å². The minimum absolute atomic E-state index is 0.135. The second-order valence-corrected chi connectivity index (χ2v) is 5.79. The number of halogens is 2. The Morgan fingerprint density at radius 3 is 2.56 bits per heavy atom. The lowest BCUT2D eigenvalue weighted by atomic mass is 10.1. The lowest BCUT2D eigenvalue weighted by Crippen LogP contribution is -2.06. The Kier molecular flexibility index (Phi) is 5.21. The Bertz CT molecular complexity index is 894. The number of aromatic nitrogens is 3. The number of hydrogen-bond acceptors (Lipinski definition) is 5. The second-order valence-electron chi connectivity index (χ2n) is 4.94. The zero-order valence-electron chi connectivity index (χ0n) is 13.1. The number of H-pyrrole nitrogens is 1. The highest BCUT2D eigenvalue weighted by Gasteiger charge is 2.19. The first-order valence-corrected chi connectivity index (χ1v) is 8.15. The summed E-state index contributed by atoms with van der Waals surface area (Å²) in [6.07, 6.45) is 0. The fourth-order valence-electron chi connectivity index (χ4n) is 2.14. The quantitative estimate of drug-likeness (QED) is 0.649. The van der Waals surface area contributed by atoms with Crippen LogP contribution in [0.4, 0.5) is 0 Å². The number of nitrogens with one attached hydrogen (secondary N) is 1. The van der Waals surface area contributed by atoms with Gasteiger partial charge in [0.1, 0.15) is 17.2 Å². The van der Waals surface area contributed by atoms with Gasteiger partial charge in [0, 0.05) is 10.6 Å². The minimum Gasteiger partial charge on any atom is -0.461 e. The highest BCUT2D eigenvalue weighted by atomic mass is 35.5.